The van der Waals surface area contributed by atoms with Crippen molar-refractivity contribution in [1.29, 1.82) is 5.26 Å². The number of hydrogen-bond acceptors (Lipinski definition) is 2. The number of thioether (sulfide) groups is 1. The summed E-state index contributed by atoms with van der Waals surface area (Å²) in [5, 5.41) is 8.21. The molecule has 0 spiro atoms. The van der Waals surface area contributed by atoms with Crippen molar-refractivity contribution in [2.75, 3.05) is 5.75 Å². The van der Waals surface area contributed by atoms with Crippen LogP contribution < -0.4 is 0 Å². The Hall–Kier alpha value is -1.08. The van der Waals surface area contributed by atoms with Crippen LogP contribution in [0.5, 0.6) is 0 Å². The van der Waals surface area contributed by atoms with Gasteiger partial charge in [-0.05, 0) is 17.9 Å². The molecule has 0 fully saturated rings. The van der Waals surface area contributed by atoms with Gasteiger partial charge in [0, 0.05) is 10.5 Å². The van der Waals surface area contributed by atoms with Crippen LogP contribution in [0.4, 0.5) is 8.78 Å². The first-order valence-corrected chi connectivity index (χ1v) is 5.11. The minimum Gasteiger partial charge on any atom is -0.191 e. The second-order valence-electron chi connectivity index (χ2n) is 2.64. The van der Waals surface area contributed by atoms with Crippen molar-refractivity contribution < 1.29 is 8.78 Å². The summed E-state index contributed by atoms with van der Waals surface area (Å²) in [4.78, 5) is 0.935. The molecular formula is C10H9F2NS. The molecule has 0 heterocycles. The number of halogens is 2. The highest BCUT2D eigenvalue weighted by atomic mass is 32.2. The fourth-order valence-corrected chi connectivity index (χ4v) is 1.65. The summed E-state index contributed by atoms with van der Waals surface area (Å²) >= 11 is 1.57. The molecule has 0 aromatic heterocycles. The van der Waals surface area contributed by atoms with E-state index >= 15 is 0 Å². The molecule has 0 aliphatic carbocycles. The van der Waals surface area contributed by atoms with Crippen LogP contribution in [0.3, 0.4) is 0 Å². The molecule has 0 radical (unpaired) electrons. The zero-order valence-electron chi connectivity index (χ0n) is 7.63. The van der Waals surface area contributed by atoms with E-state index in [0.29, 0.717) is 0 Å². The molecule has 1 rings (SSSR count). The molecule has 1 aromatic carbocycles. The number of nitriles is 1. The normalized spacial score (nSPS) is 11.0. The van der Waals surface area contributed by atoms with Crippen LogP contribution in [0.15, 0.2) is 29.2 Å². The molecule has 0 saturated heterocycles. The molecule has 0 atom stereocenters. The molecule has 0 unspecified atom stereocenters. The first-order chi connectivity index (χ1) is 6.60. The van der Waals surface area contributed by atoms with E-state index in [1.54, 1.807) is 23.9 Å². The summed E-state index contributed by atoms with van der Waals surface area (Å²) in [7, 11) is 0. The van der Waals surface area contributed by atoms with Gasteiger partial charge in [-0.15, -0.1) is 11.8 Å². The number of nitrogens with zero attached hydrogens (tertiary/aromatic N) is 1. The maximum Gasteiger partial charge on any atom is 0.357 e. The Morgan fingerprint density at radius 2 is 1.93 bits per heavy atom. The summed E-state index contributed by atoms with van der Waals surface area (Å²) in [5.74, 6) is -2.48. The Kier molecular flexibility index (Phi) is 3.48. The van der Waals surface area contributed by atoms with E-state index in [2.05, 4.69) is 0 Å². The second kappa shape index (κ2) is 4.43. The van der Waals surface area contributed by atoms with E-state index < -0.39 is 5.92 Å². The SMILES string of the molecule is CCSc1ccc(C(F)(F)C#N)cc1. The molecule has 0 aliphatic rings. The van der Waals surface area contributed by atoms with Crippen LogP contribution in [0.1, 0.15) is 12.5 Å². The summed E-state index contributed by atoms with van der Waals surface area (Å²) in [6.07, 6.45) is 0. The van der Waals surface area contributed by atoms with Crippen LogP contribution in [0, 0.1) is 11.3 Å². The maximum atomic E-state index is 12.8. The number of rotatable bonds is 3. The van der Waals surface area contributed by atoms with Crippen molar-refractivity contribution >= 4 is 11.8 Å². The van der Waals surface area contributed by atoms with E-state index in [4.69, 9.17) is 5.26 Å². The highest BCUT2D eigenvalue weighted by molar-refractivity contribution is 7.99. The molecule has 0 bridgehead atoms. The molecule has 14 heavy (non-hydrogen) atoms. The number of benzene rings is 1. The summed E-state index contributed by atoms with van der Waals surface area (Å²) < 4.78 is 25.7. The van der Waals surface area contributed by atoms with Gasteiger partial charge in [-0.25, -0.2) is 0 Å². The smallest absolute Gasteiger partial charge is 0.191 e. The molecule has 74 valence electrons. The van der Waals surface area contributed by atoms with Crippen LogP contribution in [-0.4, -0.2) is 5.75 Å². The van der Waals surface area contributed by atoms with Crippen molar-refractivity contribution in [3.8, 4) is 6.07 Å². The number of hydrogen-bond donors (Lipinski definition) is 0. The molecule has 0 N–H and O–H groups in total. The summed E-state index contributed by atoms with van der Waals surface area (Å²) in [6, 6.07) is 6.77. The molecule has 0 saturated carbocycles. The largest absolute Gasteiger partial charge is 0.357 e. The third-order valence-electron chi connectivity index (χ3n) is 1.67. The van der Waals surface area contributed by atoms with Crippen molar-refractivity contribution in [2.24, 2.45) is 0 Å². The molecule has 0 amide bonds. The Balaban J connectivity index is 2.90. The standard InChI is InChI=1S/C10H9F2NS/c1-2-14-9-5-3-8(4-6-9)10(11,12)7-13/h3-6H,2H2,1H3. The van der Waals surface area contributed by atoms with Gasteiger partial charge in [-0.3, -0.25) is 0 Å². The average Bonchev–Trinajstić information content (AvgIpc) is 2.19. The Morgan fingerprint density at radius 3 is 2.36 bits per heavy atom. The predicted octanol–water partition coefficient (Wildman–Crippen LogP) is 3.41. The third-order valence-corrected chi connectivity index (χ3v) is 2.56. The first-order valence-electron chi connectivity index (χ1n) is 4.12. The van der Waals surface area contributed by atoms with Gasteiger partial charge in [0.05, 0.1) is 0 Å². The van der Waals surface area contributed by atoms with Crippen LogP contribution >= 0.6 is 11.8 Å². The van der Waals surface area contributed by atoms with Gasteiger partial charge in [-0.2, -0.15) is 14.0 Å². The van der Waals surface area contributed by atoms with Crippen molar-refractivity contribution in [2.45, 2.75) is 17.7 Å². The van der Waals surface area contributed by atoms with Gasteiger partial charge in [0.25, 0.3) is 0 Å². The first kappa shape index (κ1) is 11.0. The second-order valence-corrected chi connectivity index (χ2v) is 3.98. The van der Waals surface area contributed by atoms with Gasteiger partial charge < -0.3 is 0 Å². The zero-order chi connectivity index (χ0) is 10.6. The summed E-state index contributed by atoms with van der Waals surface area (Å²) in [5.41, 5.74) is -0.250. The van der Waals surface area contributed by atoms with Gasteiger partial charge in [0.2, 0.25) is 0 Å². The van der Waals surface area contributed by atoms with E-state index in [9.17, 15) is 8.78 Å². The molecule has 1 nitrogen and oxygen atoms in total. The lowest BCUT2D eigenvalue weighted by Crippen LogP contribution is -2.09. The van der Waals surface area contributed by atoms with Gasteiger partial charge in [-0.1, -0.05) is 19.1 Å². The molecule has 1 aromatic rings. The Bertz CT molecular complexity index is 340. The lowest BCUT2D eigenvalue weighted by atomic mass is 10.1. The molecule has 0 aliphatic heterocycles. The highest BCUT2D eigenvalue weighted by Gasteiger charge is 2.30. The minimum atomic E-state index is -3.38. The van der Waals surface area contributed by atoms with Crippen molar-refractivity contribution in [1.82, 2.24) is 0 Å². The van der Waals surface area contributed by atoms with Crippen molar-refractivity contribution in [3.63, 3.8) is 0 Å². The van der Waals surface area contributed by atoms with Gasteiger partial charge >= 0.3 is 5.92 Å². The topological polar surface area (TPSA) is 23.8 Å². The maximum absolute atomic E-state index is 12.8. The Morgan fingerprint density at radius 1 is 1.36 bits per heavy atom. The molecule has 4 heteroatoms. The third kappa shape index (κ3) is 2.46. The Labute approximate surface area is 85.7 Å². The van der Waals surface area contributed by atoms with Crippen LogP contribution in [-0.2, 0) is 5.92 Å². The van der Waals surface area contributed by atoms with E-state index in [1.165, 1.54) is 12.1 Å². The molecular weight excluding hydrogens is 204 g/mol. The van der Waals surface area contributed by atoms with E-state index in [1.807, 2.05) is 6.92 Å². The van der Waals surface area contributed by atoms with E-state index in [-0.39, 0.29) is 5.56 Å². The lowest BCUT2D eigenvalue weighted by Gasteiger charge is -2.07. The predicted molar refractivity (Wildman–Crippen MR) is 52.3 cm³/mol. The monoisotopic (exact) mass is 213 g/mol. The van der Waals surface area contributed by atoms with E-state index in [0.717, 1.165) is 16.7 Å². The van der Waals surface area contributed by atoms with Crippen LogP contribution in [0.25, 0.3) is 0 Å². The van der Waals surface area contributed by atoms with Crippen molar-refractivity contribution in [3.05, 3.63) is 29.8 Å². The zero-order valence-corrected chi connectivity index (χ0v) is 8.44. The fraction of sp³-hybridized carbons (Fsp3) is 0.300. The highest BCUT2D eigenvalue weighted by Crippen LogP contribution is 2.28. The minimum absolute atomic E-state index is 0.250. The number of alkyl halides is 2. The van der Waals surface area contributed by atoms with Crippen LogP contribution in [0.2, 0.25) is 0 Å². The average molecular weight is 213 g/mol. The van der Waals surface area contributed by atoms with Gasteiger partial charge in [0.1, 0.15) is 6.07 Å². The summed E-state index contributed by atoms with van der Waals surface area (Å²) in [6.45, 7) is 1.99. The quantitative estimate of drug-likeness (QED) is 0.718. The van der Waals surface area contributed by atoms with Gasteiger partial charge in [0.15, 0.2) is 0 Å². The fourth-order valence-electron chi connectivity index (χ4n) is 0.992. The lowest BCUT2D eigenvalue weighted by molar-refractivity contribution is 0.0612.